The molecule has 154 valence electrons. The van der Waals surface area contributed by atoms with E-state index < -0.39 is 23.8 Å². The lowest BCUT2D eigenvalue weighted by Crippen LogP contribution is -2.48. The van der Waals surface area contributed by atoms with Crippen molar-refractivity contribution in [1.82, 2.24) is 15.1 Å². The van der Waals surface area contributed by atoms with Crippen molar-refractivity contribution < 1.29 is 24.0 Å². The number of aldehydes is 1. The minimum absolute atomic E-state index is 0.0615. The fourth-order valence-electron chi connectivity index (χ4n) is 3.89. The number of hydrogen-bond acceptors (Lipinski definition) is 6. The number of imide groups is 1. The highest BCUT2D eigenvalue weighted by molar-refractivity contribution is 6.25. The molecule has 4 amide bonds. The fraction of sp³-hybridized carbons (Fsp3) is 0.450. The van der Waals surface area contributed by atoms with Gasteiger partial charge >= 0.3 is 0 Å². The van der Waals surface area contributed by atoms with Crippen LogP contribution in [0.5, 0.6) is 0 Å². The Morgan fingerprint density at radius 1 is 1.14 bits per heavy atom. The molecule has 2 heterocycles. The van der Waals surface area contributed by atoms with Crippen LogP contribution in [-0.2, 0) is 14.4 Å². The van der Waals surface area contributed by atoms with Crippen LogP contribution in [0.25, 0.3) is 0 Å². The van der Waals surface area contributed by atoms with Gasteiger partial charge in [0.1, 0.15) is 12.3 Å². The van der Waals surface area contributed by atoms with Gasteiger partial charge in [0, 0.05) is 39.6 Å². The Morgan fingerprint density at radius 2 is 1.93 bits per heavy atom. The van der Waals surface area contributed by atoms with Crippen LogP contribution < -0.4 is 10.2 Å². The zero-order valence-corrected chi connectivity index (χ0v) is 16.3. The second kappa shape index (κ2) is 8.85. The molecule has 0 aromatic heterocycles. The number of benzene rings is 1. The quantitative estimate of drug-likeness (QED) is 0.512. The van der Waals surface area contributed by atoms with Gasteiger partial charge in [0.25, 0.3) is 11.8 Å². The number of carbonyl (C=O) groups excluding carboxylic acids is 5. The van der Waals surface area contributed by atoms with Gasteiger partial charge in [0.15, 0.2) is 0 Å². The van der Waals surface area contributed by atoms with Gasteiger partial charge in [-0.05, 0) is 25.0 Å². The van der Waals surface area contributed by atoms with Crippen molar-refractivity contribution in [3.05, 3.63) is 29.3 Å². The van der Waals surface area contributed by atoms with Gasteiger partial charge in [-0.1, -0.05) is 6.07 Å². The van der Waals surface area contributed by atoms with Gasteiger partial charge < -0.3 is 19.9 Å². The Balaban J connectivity index is 1.95. The maximum atomic E-state index is 13.2. The van der Waals surface area contributed by atoms with Crippen LogP contribution in [0.1, 0.15) is 40.0 Å². The Hall–Kier alpha value is -3.23. The SMILES string of the molecule is CNC(=O)C(CCC=O)N1C(=O)c2cccc(N3CCCN(C=O)CC3)c2C1=O. The molecule has 9 nitrogen and oxygen atoms in total. The van der Waals surface area contributed by atoms with E-state index in [1.807, 2.05) is 4.90 Å². The molecular formula is C20H24N4O5. The summed E-state index contributed by atoms with van der Waals surface area (Å²) in [6.45, 7) is 2.35. The van der Waals surface area contributed by atoms with E-state index in [1.165, 1.54) is 7.05 Å². The first kappa shape index (κ1) is 20.5. The zero-order valence-electron chi connectivity index (χ0n) is 16.3. The van der Waals surface area contributed by atoms with Crippen LogP contribution in [0.4, 0.5) is 5.69 Å². The minimum Gasteiger partial charge on any atom is -0.369 e. The number of carbonyl (C=O) groups is 5. The Kier molecular flexibility index (Phi) is 6.26. The van der Waals surface area contributed by atoms with E-state index in [4.69, 9.17) is 0 Å². The number of hydrogen-bond donors (Lipinski definition) is 1. The Morgan fingerprint density at radius 3 is 2.62 bits per heavy atom. The van der Waals surface area contributed by atoms with E-state index in [0.717, 1.165) is 17.7 Å². The van der Waals surface area contributed by atoms with Gasteiger partial charge in [-0.25, -0.2) is 0 Å². The van der Waals surface area contributed by atoms with E-state index in [-0.39, 0.29) is 24.0 Å². The first-order chi connectivity index (χ1) is 14.0. The maximum Gasteiger partial charge on any atom is 0.264 e. The molecule has 1 aromatic rings. The van der Waals surface area contributed by atoms with E-state index >= 15 is 0 Å². The third-order valence-corrected chi connectivity index (χ3v) is 5.36. The monoisotopic (exact) mass is 400 g/mol. The lowest BCUT2D eigenvalue weighted by atomic mass is 10.1. The normalized spacial score (nSPS) is 17.6. The van der Waals surface area contributed by atoms with Crippen LogP contribution in [-0.4, -0.2) is 79.5 Å². The van der Waals surface area contributed by atoms with Crippen LogP contribution in [0, 0.1) is 0 Å². The molecule has 9 heteroatoms. The molecule has 2 aliphatic heterocycles. The van der Waals surface area contributed by atoms with E-state index in [2.05, 4.69) is 5.32 Å². The number of likely N-dealkylation sites (N-methyl/N-ethyl adjacent to an activating group) is 1. The summed E-state index contributed by atoms with van der Waals surface area (Å²) in [5.74, 6) is -1.55. The van der Waals surface area contributed by atoms with E-state index in [9.17, 15) is 24.0 Å². The highest BCUT2D eigenvalue weighted by Crippen LogP contribution is 2.34. The molecule has 0 spiro atoms. The molecule has 1 atom stereocenters. The summed E-state index contributed by atoms with van der Waals surface area (Å²) in [5.41, 5.74) is 1.16. The van der Waals surface area contributed by atoms with E-state index in [1.54, 1.807) is 23.1 Å². The zero-order chi connectivity index (χ0) is 21.0. The molecule has 0 radical (unpaired) electrons. The highest BCUT2D eigenvalue weighted by Gasteiger charge is 2.44. The minimum atomic E-state index is -1.04. The van der Waals surface area contributed by atoms with Gasteiger partial charge in [0.2, 0.25) is 12.3 Å². The molecule has 29 heavy (non-hydrogen) atoms. The standard InChI is InChI=1S/C20H24N4O5/c1-21-18(27)16(7-3-12-25)24-19(28)14-5-2-6-15(17(14)20(24)29)23-9-4-8-22(13-26)10-11-23/h2,5-6,12-13,16H,3-4,7-11H2,1H3,(H,21,27). The fourth-order valence-corrected chi connectivity index (χ4v) is 3.89. The second-order valence-corrected chi connectivity index (χ2v) is 7.04. The number of rotatable bonds is 7. The van der Waals surface area contributed by atoms with Crippen molar-refractivity contribution in [2.24, 2.45) is 0 Å². The molecule has 0 saturated carbocycles. The lowest BCUT2D eigenvalue weighted by Gasteiger charge is -2.26. The number of nitrogens with zero attached hydrogens (tertiary/aromatic N) is 3. The summed E-state index contributed by atoms with van der Waals surface area (Å²) in [4.78, 5) is 65.1. The molecule has 1 fully saturated rings. The third-order valence-electron chi connectivity index (χ3n) is 5.36. The summed E-state index contributed by atoms with van der Waals surface area (Å²) in [6.07, 6.45) is 2.36. The second-order valence-electron chi connectivity index (χ2n) is 7.04. The van der Waals surface area contributed by atoms with Crippen molar-refractivity contribution in [1.29, 1.82) is 0 Å². The van der Waals surface area contributed by atoms with Crippen molar-refractivity contribution in [2.45, 2.75) is 25.3 Å². The first-order valence-electron chi connectivity index (χ1n) is 9.64. The first-order valence-corrected chi connectivity index (χ1v) is 9.64. The Labute approximate surface area is 168 Å². The highest BCUT2D eigenvalue weighted by atomic mass is 16.2. The smallest absolute Gasteiger partial charge is 0.264 e. The van der Waals surface area contributed by atoms with Gasteiger partial charge in [-0.3, -0.25) is 24.1 Å². The number of anilines is 1. The molecule has 2 aliphatic rings. The van der Waals surface area contributed by atoms with Crippen molar-refractivity contribution in [3.63, 3.8) is 0 Å². The molecule has 3 rings (SSSR count). The van der Waals surface area contributed by atoms with Crippen LogP contribution in [0.15, 0.2) is 18.2 Å². The Bertz CT molecular complexity index is 840. The summed E-state index contributed by atoms with van der Waals surface area (Å²) >= 11 is 0. The summed E-state index contributed by atoms with van der Waals surface area (Å²) in [5, 5.41) is 2.47. The van der Waals surface area contributed by atoms with Crippen molar-refractivity contribution in [3.8, 4) is 0 Å². The largest absolute Gasteiger partial charge is 0.369 e. The summed E-state index contributed by atoms with van der Waals surface area (Å²) in [6, 6.07) is 4.03. The van der Waals surface area contributed by atoms with Crippen molar-refractivity contribution >= 4 is 36.1 Å². The third kappa shape index (κ3) is 3.85. The molecular weight excluding hydrogens is 376 g/mol. The molecule has 1 aromatic carbocycles. The van der Waals surface area contributed by atoms with Crippen LogP contribution in [0.2, 0.25) is 0 Å². The molecule has 1 saturated heterocycles. The summed E-state index contributed by atoms with van der Waals surface area (Å²) < 4.78 is 0. The van der Waals surface area contributed by atoms with Crippen molar-refractivity contribution in [2.75, 3.05) is 38.1 Å². The number of fused-ring (bicyclic) bond motifs is 1. The predicted octanol–water partition coefficient (Wildman–Crippen LogP) is 0.0448. The lowest BCUT2D eigenvalue weighted by molar-refractivity contribution is -0.124. The maximum absolute atomic E-state index is 13.2. The van der Waals surface area contributed by atoms with Gasteiger partial charge in [-0.15, -0.1) is 0 Å². The van der Waals surface area contributed by atoms with E-state index in [0.29, 0.717) is 38.2 Å². The molecule has 0 aliphatic carbocycles. The molecule has 1 unspecified atom stereocenters. The number of amides is 4. The topological polar surface area (TPSA) is 107 Å². The summed E-state index contributed by atoms with van der Waals surface area (Å²) in [7, 11) is 1.43. The molecule has 0 bridgehead atoms. The number of nitrogens with one attached hydrogen (secondary N) is 1. The van der Waals surface area contributed by atoms with Gasteiger partial charge in [-0.2, -0.15) is 0 Å². The van der Waals surface area contributed by atoms with Crippen LogP contribution in [0.3, 0.4) is 0 Å². The average molecular weight is 400 g/mol. The van der Waals surface area contributed by atoms with Gasteiger partial charge in [0.05, 0.1) is 16.8 Å². The molecule has 1 N–H and O–H groups in total. The predicted molar refractivity (Wildman–Crippen MR) is 105 cm³/mol. The average Bonchev–Trinajstić information content (AvgIpc) is 2.91. The van der Waals surface area contributed by atoms with Crippen LogP contribution >= 0.6 is 0 Å².